The molecule has 0 nitrogen and oxygen atoms in total. The molecule has 0 rings (SSSR count). The van der Waals surface area contributed by atoms with Crippen LogP contribution in [0.15, 0.2) is 0 Å². The molecule has 31 valence electrons. The van der Waals surface area contributed by atoms with Gasteiger partial charge < -0.3 is 0 Å². The maximum Gasteiger partial charge on any atom is 0.130 e. The van der Waals surface area contributed by atoms with Gasteiger partial charge in [0.25, 0.3) is 0 Å². The molecule has 0 saturated heterocycles. The molecule has 0 spiro atoms. The van der Waals surface area contributed by atoms with Gasteiger partial charge in [-0.2, -0.15) is 0 Å². The Morgan fingerprint density at radius 1 is 1.00 bits per heavy atom. The maximum absolute atomic E-state index is 2.17. The summed E-state index contributed by atoms with van der Waals surface area (Å²) in [5.74, 6) is 0. The second kappa shape index (κ2) is 4.45. The van der Waals surface area contributed by atoms with E-state index in [4.69, 9.17) is 0 Å². The molecule has 0 aromatic carbocycles. The van der Waals surface area contributed by atoms with Crippen molar-refractivity contribution >= 4 is 6.71 Å². The van der Waals surface area contributed by atoms with Crippen LogP contribution >= 0.6 is 0 Å². The molecule has 5 heavy (non-hydrogen) atoms. The molecule has 0 aromatic heterocycles. The van der Waals surface area contributed by atoms with Crippen molar-refractivity contribution in [2.24, 2.45) is 0 Å². The van der Waals surface area contributed by atoms with Gasteiger partial charge in [0, 0.05) is 14.3 Å². The number of hydrogen-bond acceptors (Lipinski definition) is 0. The van der Waals surface area contributed by atoms with Crippen molar-refractivity contribution in [1.29, 1.82) is 0 Å². The zero-order valence-electron chi connectivity index (χ0n) is 3.96. The molecule has 0 aromatic rings. The second-order valence-corrected chi connectivity index (χ2v) is 1.73. The van der Waals surface area contributed by atoms with Gasteiger partial charge in [0.2, 0.25) is 0 Å². The van der Waals surface area contributed by atoms with Crippen LogP contribution in [-0.2, 0) is 0 Å². The zero-order chi connectivity index (χ0) is 3.58. The molecular formula is C3H9AmB. The molecule has 0 fully saturated rings. The fraction of sp³-hybridized carbons (Fsp3) is 1.00. The molecule has 0 amide bonds. The SMILES string of the molecule is CB(C)C.[Am]. The van der Waals surface area contributed by atoms with E-state index >= 15 is 0 Å². The second-order valence-electron chi connectivity index (χ2n) is 1.73. The predicted molar refractivity (Wildman–Crippen MR) is 23.3 cm³/mol. The van der Waals surface area contributed by atoms with Crippen molar-refractivity contribution < 1.29 is 14.3 Å². The summed E-state index contributed by atoms with van der Waals surface area (Å²) in [6.07, 6.45) is 0. The Labute approximate surface area is 42.2 Å². The average Bonchev–Trinajstić information content (AvgIpc) is 0.811. The summed E-state index contributed by atoms with van der Waals surface area (Å²) in [6.45, 7) is 7.33. The van der Waals surface area contributed by atoms with Crippen LogP contribution in [0.3, 0.4) is 0 Å². The van der Waals surface area contributed by atoms with Crippen LogP contribution in [0.1, 0.15) is 0 Å². The first-order valence-corrected chi connectivity index (χ1v) is 1.73. The Morgan fingerprint density at radius 3 is 1.00 bits per heavy atom. The van der Waals surface area contributed by atoms with Crippen molar-refractivity contribution in [2.75, 3.05) is 0 Å². The van der Waals surface area contributed by atoms with E-state index in [1.807, 2.05) is 0 Å². The largest absolute Gasteiger partial charge is 0.130 e. The number of rotatable bonds is 0. The Kier molecular flexibility index (Phi) is 8.08. The normalized spacial score (nSPS) is 5.40. The third-order valence-corrected chi connectivity index (χ3v) is 0. The van der Waals surface area contributed by atoms with Gasteiger partial charge in [-0.05, 0) is 0 Å². The summed E-state index contributed by atoms with van der Waals surface area (Å²) in [6, 6.07) is 0. The Balaban J connectivity index is 0. The first-order valence-electron chi connectivity index (χ1n) is 1.73. The smallest absolute Gasteiger partial charge is 0.0865 e. The van der Waals surface area contributed by atoms with Gasteiger partial charge in [0.1, 0.15) is 6.71 Å². The summed E-state index contributed by atoms with van der Waals surface area (Å²) in [5.41, 5.74) is 0. The van der Waals surface area contributed by atoms with Gasteiger partial charge >= 0.3 is 0 Å². The molecule has 0 aliphatic carbocycles. The minimum atomic E-state index is 0. The van der Waals surface area contributed by atoms with E-state index in [-0.39, 0.29) is 14.3 Å². The molecule has 0 saturated carbocycles. The van der Waals surface area contributed by atoms with Crippen LogP contribution in [-0.4, -0.2) is 6.71 Å². The molecule has 0 unspecified atom stereocenters. The fourth-order valence-electron chi connectivity index (χ4n) is 0. The summed E-state index contributed by atoms with van der Waals surface area (Å²) < 4.78 is 0. The fourth-order valence-corrected chi connectivity index (χ4v) is 0. The Morgan fingerprint density at radius 2 is 1.00 bits per heavy atom. The summed E-state index contributed by atoms with van der Waals surface area (Å²) in [5, 5.41) is 0. The van der Waals surface area contributed by atoms with E-state index < -0.39 is 0 Å². The van der Waals surface area contributed by atoms with Crippen molar-refractivity contribution in [3.05, 3.63) is 0 Å². The molecule has 0 aliphatic rings. The molecule has 0 aliphatic heterocycles. The predicted octanol–water partition coefficient (Wildman–Crippen LogP) is 1.37. The van der Waals surface area contributed by atoms with Gasteiger partial charge in [-0.25, -0.2) is 0 Å². The van der Waals surface area contributed by atoms with Crippen LogP contribution in [0.2, 0.25) is 20.5 Å². The molecule has 0 N–H and O–H groups in total. The van der Waals surface area contributed by atoms with E-state index in [9.17, 15) is 0 Å². The van der Waals surface area contributed by atoms with Gasteiger partial charge in [0.05, 0.1) is 0 Å². The van der Waals surface area contributed by atoms with E-state index in [0.717, 1.165) is 6.71 Å². The Bertz CT molecular complexity index is 11.6. The zero-order valence-corrected chi connectivity index (χ0v) is 7.10. The first-order chi connectivity index (χ1) is 1.73. The van der Waals surface area contributed by atoms with Crippen molar-refractivity contribution in [3.63, 3.8) is 0 Å². The van der Waals surface area contributed by atoms with Crippen molar-refractivity contribution in [1.82, 2.24) is 0 Å². The first kappa shape index (κ1) is 9.07. The molecule has 2 heteroatoms. The summed E-state index contributed by atoms with van der Waals surface area (Å²) >= 11 is 0. The van der Waals surface area contributed by atoms with Crippen LogP contribution in [0, 0.1) is 14.3 Å². The van der Waals surface area contributed by atoms with Crippen LogP contribution in [0.5, 0.6) is 0 Å². The van der Waals surface area contributed by atoms with Gasteiger partial charge in [-0.15, -0.1) is 0 Å². The standard InChI is InChI=1S/C3H9B.Am/c1-4(2)3;/h1-3H3;. The summed E-state index contributed by atoms with van der Waals surface area (Å²) in [7, 11) is 0. The van der Waals surface area contributed by atoms with E-state index in [0.29, 0.717) is 0 Å². The number of hydrogen-bond donors (Lipinski definition) is 0. The minimum absolute atomic E-state index is 0. The minimum Gasteiger partial charge on any atom is -0.0865 e. The monoisotopic (exact) mass is 297 g/mol. The van der Waals surface area contributed by atoms with Gasteiger partial charge in [0.15, 0.2) is 0 Å². The van der Waals surface area contributed by atoms with Crippen LogP contribution in [0.4, 0.5) is 0 Å². The third-order valence-electron chi connectivity index (χ3n) is 0. The topological polar surface area (TPSA) is 0 Å². The van der Waals surface area contributed by atoms with E-state index in [2.05, 4.69) is 20.5 Å². The molecule has 0 atom stereocenters. The van der Waals surface area contributed by atoms with E-state index in [1.165, 1.54) is 0 Å². The quantitative estimate of drug-likeness (QED) is 0.593. The van der Waals surface area contributed by atoms with Crippen molar-refractivity contribution in [3.8, 4) is 0 Å². The average molecular weight is 299 g/mol. The maximum atomic E-state index is 2.17. The van der Waals surface area contributed by atoms with Gasteiger partial charge in [-0.3, -0.25) is 0 Å². The van der Waals surface area contributed by atoms with Crippen LogP contribution < -0.4 is 0 Å². The van der Waals surface area contributed by atoms with E-state index in [1.54, 1.807) is 0 Å². The molecule has 1 radical (unpaired) electrons. The van der Waals surface area contributed by atoms with Gasteiger partial charge in [-0.1, -0.05) is 20.5 Å². The molecule has 0 heterocycles. The van der Waals surface area contributed by atoms with Crippen LogP contribution in [0.25, 0.3) is 0 Å². The molecular weight excluding hydrogens is 290 g/mol. The summed E-state index contributed by atoms with van der Waals surface area (Å²) in [4.78, 5) is 0. The van der Waals surface area contributed by atoms with Crippen molar-refractivity contribution in [2.45, 2.75) is 20.5 Å². The third kappa shape index (κ3) is 130. The molecule has 0 bridgehead atoms. The Hall–Kier alpha value is 0.455.